The van der Waals surface area contributed by atoms with Gasteiger partial charge < -0.3 is 0 Å². The highest BCUT2D eigenvalue weighted by molar-refractivity contribution is 7.73. The van der Waals surface area contributed by atoms with Gasteiger partial charge in [-0.25, -0.2) is 0 Å². The van der Waals surface area contributed by atoms with Gasteiger partial charge >= 0.3 is 0 Å². The molecule has 0 unspecified atom stereocenters. The van der Waals surface area contributed by atoms with Gasteiger partial charge in [-0.15, -0.1) is 0 Å². The molecule has 0 aliphatic rings. The molecule has 68 valence electrons. The third kappa shape index (κ3) is 2.15. The molecule has 0 aromatic heterocycles. The van der Waals surface area contributed by atoms with E-state index in [0.29, 0.717) is 0 Å². The quantitative estimate of drug-likeness (QED) is 0.491. The van der Waals surface area contributed by atoms with Crippen LogP contribution in [0.1, 0.15) is 41.5 Å². The maximum Gasteiger partial charge on any atom is 0.209 e. The summed E-state index contributed by atoms with van der Waals surface area (Å²) in [6, 6.07) is 0. The highest BCUT2D eigenvalue weighted by Gasteiger charge is 2.56. The van der Waals surface area contributed by atoms with E-state index < -0.39 is 7.57 Å². The first-order valence-electron chi connectivity index (χ1n) is 4.06. The second-order valence-corrected chi connectivity index (χ2v) is 9.72. The second kappa shape index (κ2) is 2.69. The fraction of sp³-hybridized carbons (Fsp3) is 1.00. The zero-order valence-corrected chi connectivity index (χ0v) is 9.72. The van der Waals surface area contributed by atoms with Gasteiger partial charge in [-0.2, -0.15) is 0 Å². The normalized spacial score (nSPS) is 15.3. The Labute approximate surface area is 71.0 Å². The minimum Gasteiger partial charge on any atom is -0.0646 e. The average molecular weight is 179 g/mol. The first-order valence-corrected chi connectivity index (χ1v) is 6.19. The topological polar surface area (TPSA) is 0 Å². The van der Waals surface area contributed by atoms with Gasteiger partial charge in [-0.05, 0) is 41.5 Å². The summed E-state index contributed by atoms with van der Waals surface area (Å²) >= 11 is 0. The van der Waals surface area contributed by atoms with Crippen molar-refractivity contribution in [1.29, 1.82) is 0 Å². The van der Waals surface area contributed by atoms with Crippen molar-refractivity contribution >= 4 is 7.57 Å². The van der Waals surface area contributed by atoms with Crippen LogP contribution >= 0.6 is 7.57 Å². The first kappa shape index (κ1) is 11.4. The van der Waals surface area contributed by atoms with Crippen molar-refractivity contribution in [3.63, 3.8) is 0 Å². The molecular weight excluding hydrogens is 158 g/mol. The predicted molar refractivity (Wildman–Crippen MR) is 53.5 cm³/mol. The molecule has 2 heteroatoms. The number of rotatable bonds is 0. The lowest BCUT2D eigenvalue weighted by Crippen LogP contribution is -2.30. The molecule has 0 amide bonds. The fourth-order valence-corrected chi connectivity index (χ4v) is 3.02. The number of hydrogen-bond acceptors (Lipinski definition) is 0. The Hall–Kier alpha value is 0.360. The molecule has 0 saturated carbocycles. The molecule has 0 aliphatic carbocycles. The van der Waals surface area contributed by atoms with Crippen molar-refractivity contribution in [3.8, 4) is 0 Å². The van der Waals surface area contributed by atoms with Crippen LogP contribution < -0.4 is 0 Å². The van der Waals surface area contributed by atoms with Gasteiger partial charge in [0.2, 0.25) is 7.57 Å². The van der Waals surface area contributed by atoms with Crippen LogP contribution in [-0.2, 0) is 0 Å². The highest BCUT2D eigenvalue weighted by atomic mass is 31.2. The summed E-state index contributed by atoms with van der Waals surface area (Å²) in [6.07, 6.45) is 0. The molecule has 0 rings (SSSR count). The molecule has 11 heavy (non-hydrogen) atoms. The summed E-state index contributed by atoms with van der Waals surface area (Å²) < 4.78 is 14.2. The second-order valence-electron chi connectivity index (χ2n) is 5.24. The van der Waals surface area contributed by atoms with E-state index in [0.717, 1.165) is 0 Å². The Morgan fingerprint density at radius 3 is 1.00 bits per heavy atom. The molecule has 0 heterocycles. The van der Waals surface area contributed by atoms with Gasteiger partial charge in [0.15, 0.2) is 0 Å². The lowest BCUT2D eigenvalue weighted by molar-refractivity contribution is 0.617. The summed E-state index contributed by atoms with van der Waals surface area (Å²) in [5, 5.41) is -0.351. The molecule has 0 saturated heterocycles. The Bertz CT molecular complexity index is 121. The summed E-state index contributed by atoms with van der Waals surface area (Å²) in [4.78, 5) is 0. The summed E-state index contributed by atoms with van der Waals surface area (Å²) in [5.74, 6) is 0. The van der Waals surface area contributed by atoms with E-state index in [1.165, 1.54) is 0 Å². The van der Waals surface area contributed by atoms with Crippen molar-refractivity contribution in [3.05, 3.63) is 0 Å². The summed E-state index contributed by atoms with van der Waals surface area (Å²) in [6.45, 7) is 13.8. The van der Waals surface area contributed by atoms with Crippen molar-refractivity contribution in [2.75, 3.05) is 6.66 Å². The smallest absolute Gasteiger partial charge is 0.0646 e. The highest BCUT2D eigenvalue weighted by Crippen LogP contribution is 2.75. The van der Waals surface area contributed by atoms with Crippen LogP contribution in [0.25, 0.3) is 0 Å². The summed E-state index contributed by atoms with van der Waals surface area (Å²) in [5.41, 5.74) is 0. The minimum atomic E-state index is -2.31. The Balaban J connectivity index is 4.75. The van der Waals surface area contributed by atoms with E-state index in [-0.39, 0.29) is 10.3 Å². The minimum absolute atomic E-state index is 0.175. The van der Waals surface area contributed by atoms with Crippen LogP contribution in [0.15, 0.2) is 0 Å². The zero-order chi connectivity index (χ0) is 9.50. The van der Waals surface area contributed by atoms with Gasteiger partial charge in [0.25, 0.3) is 0 Å². The van der Waals surface area contributed by atoms with E-state index in [1.807, 2.05) is 41.5 Å². The lowest BCUT2D eigenvalue weighted by atomic mass is 10.2. The van der Waals surface area contributed by atoms with Gasteiger partial charge in [-0.3, -0.25) is 0 Å². The molecule has 0 aromatic carbocycles. The third-order valence-electron chi connectivity index (χ3n) is 2.52. The molecule has 0 aliphatic heterocycles. The molecule has 0 atom stereocenters. The van der Waals surface area contributed by atoms with E-state index in [1.54, 1.807) is 6.66 Å². The first-order chi connectivity index (χ1) is 4.50. The molecule has 0 fully saturated rings. The van der Waals surface area contributed by atoms with Crippen molar-refractivity contribution in [1.82, 2.24) is 0 Å². The molecule has 0 radical (unpaired) electrons. The molecule has 0 N–H and O–H groups in total. The summed E-state index contributed by atoms with van der Waals surface area (Å²) in [7, 11) is -2.31. The standard InChI is InChI=1S/C9H21FP/c1-8(2,3)11(7,10)9(4,5)6/h1-7H3/q+1. The third-order valence-corrected chi connectivity index (χ3v) is 7.56. The number of halogens is 1. The Kier molecular flexibility index (Phi) is 2.78. The Morgan fingerprint density at radius 1 is 0.818 bits per heavy atom. The maximum absolute atomic E-state index is 14.2. The van der Waals surface area contributed by atoms with Crippen molar-refractivity contribution in [2.24, 2.45) is 0 Å². The van der Waals surface area contributed by atoms with E-state index in [2.05, 4.69) is 0 Å². The van der Waals surface area contributed by atoms with Crippen LogP contribution in [0.5, 0.6) is 0 Å². The maximum atomic E-state index is 14.2. The van der Waals surface area contributed by atoms with Crippen LogP contribution in [0.4, 0.5) is 4.20 Å². The average Bonchev–Trinajstić information content (AvgIpc) is 1.58. The van der Waals surface area contributed by atoms with E-state index in [9.17, 15) is 4.20 Å². The largest absolute Gasteiger partial charge is 0.209 e. The van der Waals surface area contributed by atoms with Crippen LogP contribution in [0.3, 0.4) is 0 Å². The van der Waals surface area contributed by atoms with E-state index in [4.69, 9.17) is 0 Å². The lowest BCUT2D eigenvalue weighted by Gasteiger charge is -2.35. The van der Waals surface area contributed by atoms with Gasteiger partial charge in [0.1, 0.15) is 10.3 Å². The molecule has 0 aromatic rings. The molecular formula is C9H21FP+. The molecule has 0 bridgehead atoms. The fourth-order valence-electron chi connectivity index (χ4n) is 1.01. The van der Waals surface area contributed by atoms with Crippen molar-refractivity contribution in [2.45, 2.75) is 51.9 Å². The van der Waals surface area contributed by atoms with Gasteiger partial charge in [0.05, 0.1) is 6.66 Å². The molecule has 0 spiro atoms. The van der Waals surface area contributed by atoms with Crippen LogP contribution in [0, 0.1) is 0 Å². The number of hydrogen-bond donors (Lipinski definition) is 0. The van der Waals surface area contributed by atoms with Crippen LogP contribution in [-0.4, -0.2) is 17.0 Å². The molecule has 0 nitrogen and oxygen atoms in total. The van der Waals surface area contributed by atoms with Gasteiger partial charge in [0, 0.05) is 0 Å². The van der Waals surface area contributed by atoms with E-state index >= 15 is 0 Å². The van der Waals surface area contributed by atoms with Crippen molar-refractivity contribution < 1.29 is 4.20 Å². The monoisotopic (exact) mass is 179 g/mol. The predicted octanol–water partition coefficient (Wildman–Crippen LogP) is 4.12. The van der Waals surface area contributed by atoms with Gasteiger partial charge in [-0.1, -0.05) is 4.20 Å². The van der Waals surface area contributed by atoms with Crippen LogP contribution in [0.2, 0.25) is 0 Å². The zero-order valence-electron chi connectivity index (χ0n) is 8.83. The SMILES string of the molecule is CC(C)(C)[P+](C)(F)C(C)(C)C. The Morgan fingerprint density at radius 2 is 1.00 bits per heavy atom.